The highest BCUT2D eigenvalue weighted by molar-refractivity contribution is 6.36. The van der Waals surface area contributed by atoms with Crippen molar-refractivity contribution in [3.8, 4) is 11.3 Å². The Balaban J connectivity index is 2.02. The highest BCUT2D eigenvalue weighted by atomic mass is 35.5. The third kappa shape index (κ3) is 3.95. The molecule has 0 unspecified atom stereocenters. The fraction of sp³-hybridized carbons (Fsp3) is 0.167. The maximum Gasteiger partial charge on any atom is 0.419 e. The summed E-state index contributed by atoms with van der Waals surface area (Å²) in [6.07, 6.45) is -3.38. The Kier molecular flexibility index (Phi) is 5.46. The van der Waals surface area contributed by atoms with Crippen LogP contribution in [0.3, 0.4) is 0 Å². The van der Waals surface area contributed by atoms with E-state index in [4.69, 9.17) is 28.9 Å². The molecule has 0 atom stereocenters. The third-order valence-electron chi connectivity index (χ3n) is 4.05. The van der Waals surface area contributed by atoms with E-state index in [0.717, 1.165) is 6.07 Å². The first-order valence-electron chi connectivity index (χ1n) is 7.76. The number of alkyl halides is 3. The molecule has 0 amide bonds. The maximum absolute atomic E-state index is 14.3. The van der Waals surface area contributed by atoms with Crippen LogP contribution >= 0.6 is 23.2 Å². The predicted molar refractivity (Wildman–Crippen MR) is 96.1 cm³/mol. The molecule has 1 aromatic heterocycles. The summed E-state index contributed by atoms with van der Waals surface area (Å²) >= 11 is 12.1. The minimum atomic E-state index is -4.77. The number of nitrogens with two attached hydrogens (primary N) is 1. The molecule has 0 saturated carbocycles. The van der Waals surface area contributed by atoms with E-state index >= 15 is 0 Å². The van der Waals surface area contributed by atoms with Crippen molar-refractivity contribution in [2.45, 2.75) is 19.3 Å². The first-order valence-corrected chi connectivity index (χ1v) is 8.52. The van der Waals surface area contributed by atoms with Crippen LogP contribution in [0.1, 0.15) is 16.8 Å². The van der Waals surface area contributed by atoms with Crippen molar-refractivity contribution >= 4 is 23.2 Å². The lowest BCUT2D eigenvalue weighted by Gasteiger charge is -2.13. The number of benzene rings is 2. The Labute approximate surface area is 162 Å². The topological polar surface area (TPSA) is 43.8 Å². The Morgan fingerprint density at radius 2 is 1.85 bits per heavy atom. The molecule has 0 aliphatic heterocycles. The average Bonchev–Trinajstić information content (AvgIpc) is 2.98. The first kappa shape index (κ1) is 19.7. The smallest absolute Gasteiger partial charge is 0.328 e. The van der Waals surface area contributed by atoms with Crippen LogP contribution in [-0.4, -0.2) is 9.55 Å². The molecule has 3 nitrogen and oxygen atoms in total. The van der Waals surface area contributed by atoms with Gasteiger partial charge in [0.15, 0.2) is 0 Å². The van der Waals surface area contributed by atoms with Crippen LogP contribution in [0.25, 0.3) is 11.3 Å². The van der Waals surface area contributed by atoms with Crippen molar-refractivity contribution < 1.29 is 17.6 Å². The Morgan fingerprint density at radius 3 is 2.48 bits per heavy atom. The van der Waals surface area contributed by atoms with Crippen LogP contribution < -0.4 is 5.73 Å². The van der Waals surface area contributed by atoms with Gasteiger partial charge in [-0.05, 0) is 24.3 Å². The van der Waals surface area contributed by atoms with Crippen molar-refractivity contribution in [3.63, 3.8) is 0 Å². The quantitative estimate of drug-likeness (QED) is 0.567. The maximum atomic E-state index is 14.3. The van der Waals surface area contributed by atoms with Gasteiger partial charge in [0.25, 0.3) is 0 Å². The second-order valence-electron chi connectivity index (χ2n) is 5.77. The van der Waals surface area contributed by atoms with E-state index in [1.165, 1.54) is 17.0 Å². The van der Waals surface area contributed by atoms with Gasteiger partial charge in [-0.2, -0.15) is 13.2 Å². The van der Waals surface area contributed by atoms with Crippen molar-refractivity contribution in [1.82, 2.24) is 9.55 Å². The highest BCUT2D eigenvalue weighted by Crippen LogP contribution is 2.34. The van der Waals surface area contributed by atoms with Gasteiger partial charge in [-0.15, -0.1) is 0 Å². The molecule has 0 bridgehead atoms. The molecule has 142 valence electrons. The molecule has 2 aromatic carbocycles. The first-order chi connectivity index (χ1) is 12.7. The van der Waals surface area contributed by atoms with Crippen LogP contribution in [0.4, 0.5) is 17.6 Å². The summed E-state index contributed by atoms with van der Waals surface area (Å²) in [5.74, 6) is -1.31. The number of rotatable bonds is 4. The van der Waals surface area contributed by atoms with E-state index in [9.17, 15) is 17.6 Å². The van der Waals surface area contributed by atoms with Gasteiger partial charge in [0.05, 0.1) is 34.8 Å². The number of imidazole rings is 1. The van der Waals surface area contributed by atoms with Gasteiger partial charge in [-0.25, -0.2) is 9.37 Å². The largest absolute Gasteiger partial charge is 0.419 e. The lowest BCUT2D eigenvalue weighted by atomic mass is 10.1. The standard InChI is InChI=1S/C18H13Cl2F4N3/c19-11-4-5-12(14(20)6-11)17-15(7-25)27(9-26-17)8-10-2-1-3-13(16(10)21)18(22,23)24/h1-6,9H,7-8,25H2. The molecule has 27 heavy (non-hydrogen) atoms. The second-order valence-corrected chi connectivity index (χ2v) is 6.62. The summed E-state index contributed by atoms with van der Waals surface area (Å²) < 4.78 is 54.5. The van der Waals surface area contributed by atoms with Gasteiger partial charge in [0.2, 0.25) is 0 Å². The van der Waals surface area contributed by atoms with E-state index in [1.54, 1.807) is 18.2 Å². The van der Waals surface area contributed by atoms with Gasteiger partial charge in [-0.3, -0.25) is 0 Å². The van der Waals surface area contributed by atoms with Crippen molar-refractivity contribution in [1.29, 1.82) is 0 Å². The molecule has 0 aliphatic rings. The molecule has 0 aliphatic carbocycles. The minimum absolute atomic E-state index is 0.0366. The van der Waals surface area contributed by atoms with E-state index in [2.05, 4.69) is 4.98 Å². The molecule has 0 saturated heterocycles. The Bertz CT molecular complexity index is 983. The Morgan fingerprint density at radius 1 is 1.11 bits per heavy atom. The Hall–Kier alpha value is -2.09. The summed E-state index contributed by atoms with van der Waals surface area (Å²) in [5, 5.41) is 0.802. The number of hydrogen-bond acceptors (Lipinski definition) is 2. The summed E-state index contributed by atoms with van der Waals surface area (Å²) in [7, 11) is 0. The van der Waals surface area contributed by atoms with Crippen LogP contribution in [0, 0.1) is 5.82 Å². The SMILES string of the molecule is NCc1c(-c2ccc(Cl)cc2Cl)ncn1Cc1cccc(C(F)(F)F)c1F. The van der Waals surface area contributed by atoms with Gasteiger partial charge in [0.1, 0.15) is 5.82 Å². The van der Waals surface area contributed by atoms with Crippen molar-refractivity contribution in [3.05, 3.63) is 75.4 Å². The van der Waals surface area contributed by atoms with Crippen molar-refractivity contribution in [2.24, 2.45) is 5.73 Å². The summed E-state index contributed by atoms with van der Waals surface area (Å²) in [4.78, 5) is 4.26. The third-order valence-corrected chi connectivity index (χ3v) is 4.60. The van der Waals surface area contributed by atoms with E-state index in [1.807, 2.05) is 0 Å². The predicted octanol–water partition coefficient (Wildman–Crippen LogP) is 5.52. The monoisotopic (exact) mass is 417 g/mol. The molecular formula is C18H13Cl2F4N3. The van der Waals surface area contributed by atoms with E-state index in [0.29, 0.717) is 33.1 Å². The van der Waals surface area contributed by atoms with Gasteiger partial charge in [0, 0.05) is 22.7 Å². The van der Waals surface area contributed by atoms with Crippen LogP contribution in [0.2, 0.25) is 10.0 Å². The molecule has 0 spiro atoms. The zero-order chi connectivity index (χ0) is 19.8. The fourth-order valence-corrected chi connectivity index (χ4v) is 3.27. The van der Waals surface area contributed by atoms with Crippen LogP contribution in [0.15, 0.2) is 42.7 Å². The van der Waals surface area contributed by atoms with E-state index in [-0.39, 0.29) is 18.7 Å². The highest BCUT2D eigenvalue weighted by Gasteiger charge is 2.34. The summed E-state index contributed by atoms with van der Waals surface area (Å²) in [5.41, 5.74) is 5.92. The lowest BCUT2D eigenvalue weighted by Crippen LogP contribution is -2.13. The minimum Gasteiger partial charge on any atom is -0.328 e. The molecule has 0 fully saturated rings. The van der Waals surface area contributed by atoms with Gasteiger partial charge in [-0.1, -0.05) is 35.3 Å². The van der Waals surface area contributed by atoms with Crippen molar-refractivity contribution in [2.75, 3.05) is 0 Å². The summed E-state index contributed by atoms with van der Waals surface area (Å²) in [6.45, 7) is -0.116. The lowest BCUT2D eigenvalue weighted by molar-refractivity contribution is -0.140. The molecule has 0 radical (unpaired) electrons. The van der Waals surface area contributed by atoms with Gasteiger partial charge >= 0.3 is 6.18 Å². The van der Waals surface area contributed by atoms with E-state index < -0.39 is 17.6 Å². The van der Waals surface area contributed by atoms with Crippen LogP contribution in [0.5, 0.6) is 0 Å². The molecule has 3 aromatic rings. The average molecular weight is 418 g/mol. The second kappa shape index (κ2) is 7.50. The number of aromatic nitrogens is 2. The fourth-order valence-electron chi connectivity index (χ4n) is 2.77. The zero-order valence-corrected chi connectivity index (χ0v) is 15.2. The number of halogens is 6. The molecule has 9 heteroatoms. The zero-order valence-electron chi connectivity index (χ0n) is 13.7. The van der Waals surface area contributed by atoms with Crippen LogP contribution in [-0.2, 0) is 19.3 Å². The number of hydrogen-bond donors (Lipinski definition) is 1. The normalized spacial score (nSPS) is 11.8. The molecule has 2 N–H and O–H groups in total. The van der Waals surface area contributed by atoms with Gasteiger partial charge < -0.3 is 10.3 Å². The molecule has 1 heterocycles. The molecule has 3 rings (SSSR count). The number of nitrogens with zero attached hydrogens (tertiary/aromatic N) is 2. The summed E-state index contributed by atoms with van der Waals surface area (Å²) in [6, 6.07) is 8.01. The molecular weight excluding hydrogens is 405 g/mol.